The molecular formula is C52H78BaO6S2. The largest absolute Gasteiger partial charge is 2.00 e. The average Bonchev–Trinajstić information content (AvgIpc) is 3.22. The van der Waals surface area contributed by atoms with Crippen molar-refractivity contribution in [1.29, 1.82) is 0 Å². The van der Waals surface area contributed by atoms with Crippen molar-refractivity contribution in [3.8, 4) is 0 Å². The number of hydrogen-bond acceptors (Lipinski definition) is 6. The fourth-order valence-electron chi connectivity index (χ4n) is 8.77. The molecule has 0 bridgehead atoms. The number of hydrogen-bond donors (Lipinski definition) is 0. The van der Waals surface area contributed by atoms with Gasteiger partial charge in [0.25, 0.3) is 0 Å². The van der Waals surface area contributed by atoms with Gasteiger partial charge in [-0.15, -0.1) is 0 Å². The van der Waals surface area contributed by atoms with E-state index in [9.17, 15) is 25.9 Å². The van der Waals surface area contributed by atoms with Crippen LogP contribution in [0.5, 0.6) is 0 Å². The molecule has 0 N–H and O–H groups in total. The number of fused-ring (bicyclic) bond motifs is 2. The molecule has 0 radical (unpaired) electrons. The molecule has 0 saturated heterocycles. The summed E-state index contributed by atoms with van der Waals surface area (Å²) < 4.78 is 72.7. The predicted molar refractivity (Wildman–Crippen MR) is 258 cm³/mol. The molecule has 4 aromatic carbocycles. The van der Waals surface area contributed by atoms with Crippen molar-refractivity contribution in [2.75, 3.05) is 0 Å². The van der Waals surface area contributed by atoms with E-state index in [1.165, 1.54) is 103 Å². The SMILES string of the molecule is CCCCCCCCc1c(S(=O)(=O)[O-])cc2ccccc2c1CCCCCCCC.CCCCCCCCc1c(S(=O)(=O)[O-])cc2ccccc2c1CCCCCCCC.[Ba+2]. The third kappa shape index (κ3) is 20.2. The summed E-state index contributed by atoms with van der Waals surface area (Å²) in [5.41, 5.74) is 3.75. The Morgan fingerprint density at radius 1 is 0.361 bits per heavy atom. The quantitative estimate of drug-likeness (QED) is 0.0292. The van der Waals surface area contributed by atoms with E-state index in [4.69, 9.17) is 0 Å². The molecule has 0 aliphatic heterocycles. The average molecular weight is 1000 g/mol. The summed E-state index contributed by atoms with van der Waals surface area (Å²) >= 11 is 0. The minimum Gasteiger partial charge on any atom is -0.744 e. The van der Waals surface area contributed by atoms with Crippen LogP contribution in [0, 0.1) is 0 Å². The molecular weight excluding hydrogens is 922 g/mol. The van der Waals surface area contributed by atoms with Gasteiger partial charge in [-0.2, -0.15) is 0 Å². The van der Waals surface area contributed by atoms with Gasteiger partial charge in [-0.25, -0.2) is 16.8 Å². The maximum Gasteiger partial charge on any atom is 2.00 e. The number of rotatable bonds is 30. The van der Waals surface area contributed by atoms with Crippen LogP contribution < -0.4 is 0 Å². The van der Waals surface area contributed by atoms with Crippen molar-refractivity contribution >= 4 is 90.7 Å². The van der Waals surface area contributed by atoms with Crippen LogP contribution in [0.3, 0.4) is 0 Å². The van der Waals surface area contributed by atoms with E-state index < -0.39 is 20.2 Å². The van der Waals surface area contributed by atoms with Crippen LogP contribution in [0.2, 0.25) is 0 Å². The Morgan fingerprint density at radius 3 is 0.885 bits per heavy atom. The Labute approximate surface area is 412 Å². The van der Waals surface area contributed by atoms with Gasteiger partial charge in [-0.3, -0.25) is 0 Å². The van der Waals surface area contributed by atoms with Crippen LogP contribution in [0.1, 0.15) is 204 Å². The van der Waals surface area contributed by atoms with Gasteiger partial charge in [0.05, 0.1) is 9.79 Å². The minimum atomic E-state index is -4.49. The summed E-state index contributed by atoms with van der Waals surface area (Å²) in [6.07, 6.45) is 31.2. The molecule has 0 heterocycles. The fourth-order valence-corrected chi connectivity index (χ4v) is 10.4. The molecule has 4 rings (SSSR count). The number of unbranched alkanes of at least 4 members (excludes halogenated alkanes) is 20. The van der Waals surface area contributed by atoms with E-state index >= 15 is 0 Å². The van der Waals surface area contributed by atoms with Crippen LogP contribution >= 0.6 is 0 Å². The Balaban J connectivity index is 0.000000413. The van der Waals surface area contributed by atoms with Crippen LogP contribution in [0.15, 0.2) is 70.5 Å². The summed E-state index contributed by atoms with van der Waals surface area (Å²) in [6.45, 7) is 8.84. The van der Waals surface area contributed by atoms with Crippen LogP contribution in [-0.4, -0.2) is 74.8 Å². The first-order chi connectivity index (χ1) is 29.0. The predicted octanol–water partition coefficient (Wildman–Crippen LogP) is 14.7. The van der Waals surface area contributed by atoms with Crippen molar-refractivity contribution in [3.05, 3.63) is 82.9 Å². The molecule has 4 aromatic rings. The molecule has 61 heavy (non-hydrogen) atoms. The maximum atomic E-state index is 12.1. The summed E-state index contributed by atoms with van der Waals surface area (Å²) in [5, 5.41) is 3.94. The summed E-state index contributed by atoms with van der Waals surface area (Å²) in [4.78, 5) is 0.0199. The van der Waals surface area contributed by atoms with E-state index in [0.717, 1.165) is 108 Å². The monoisotopic (exact) mass is 1000 g/mol. The minimum absolute atomic E-state index is 0. The van der Waals surface area contributed by atoms with E-state index in [1.54, 1.807) is 12.1 Å². The molecule has 9 heteroatoms. The van der Waals surface area contributed by atoms with Gasteiger partial charge < -0.3 is 9.11 Å². The maximum absolute atomic E-state index is 12.1. The van der Waals surface area contributed by atoms with Crippen LogP contribution in [0.4, 0.5) is 0 Å². The van der Waals surface area contributed by atoms with E-state index in [2.05, 4.69) is 39.8 Å². The van der Waals surface area contributed by atoms with Gasteiger partial charge in [0, 0.05) is 0 Å². The number of benzene rings is 4. The van der Waals surface area contributed by atoms with Crippen molar-refractivity contribution in [3.63, 3.8) is 0 Å². The third-order valence-corrected chi connectivity index (χ3v) is 13.9. The molecule has 0 aliphatic carbocycles. The normalized spacial score (nSPS) is 11.8. The second kappa shape index (κ2) is 31.6. The Morgan fingerprint density at radius 2 is 0.607 bits per heavy atom. The zero-order valence-electron chi connectivity index (χ0n) is 38.5. The summed E-state index contributed by atoms with van der Waals surface area (Å²) in [7, 11) is -8.98. The van der Waals surface area contributed by atoms with Gasteiger partial charge in [0.15, 0.2) is 0 Å². The van der Waals surface area contributed by atoms with Gasteiger partial charge in [-0.1, -0.05) is 205 Å². The molecule has 0 atom stereocenters. The fraction of sp³-hybridized carbons (Fsp3) is 0.615. The van der Waals surface area contributed by atoms with Crippen LogP contribution in [-0.2, 0) is 45.9 Å². The van der Waals surface area contributed by atoms with E-state index in [-0.39, 0.29) is 58.7 Å². The standard InChI is InChI=1S/2C26H40O3S.Ba/c2*1-3-5-7-9-11-13-19-24-23-18-16-15-17-22(23)21-26(30(27,28)29)25(24)20-14-12-10-8-6-4-2;/h2*15-18,21H,3-14,19-20H2,1-2H3,(H,27,28,29);/q;;+2/p-2. The second-order valence-corrected chi connectivity index (χ2v) is 19.8. The van der Waals surface area contributed by atoms with E-state index in [0.29, 0.717) is 12.8 Å². The first-order valence-electron chi connectivity index (χ1n) is 24.0. The number of aryl methyl sites for hydroxylation is 2. The van der Waals surface area contributed by atoms with E-state index in [1.807, 2.05) is 36.4 Å². The zero-order chi connectivity index (χ0) is 43.6. The van der Waals surface area contributed by atoms with Gasteiger partial charge in [-0.05, 0) is 107 Å². The molecule has 0 unspecified atom stereocenters. The summed E-state index contributed by atoms with van der Waals surface area (Å²) in [6, 6.07) is 19.0. The Hall–Kier alpha value is -1.21. The van der Waals surface area contributed by atoms with Crippen molar-refractivity contribution in [1.82, 2.24) is 0 Å². The van der Waals surface area contributed by atoms with Gasteiger partial charge in [0.1, 0.15) is 20.2 Å². The first kappa shape index (κ1) is 55.9. The van der Waals surface area contributed by atoms with Gasteiger partial charge >= 0.3 is 48.9 Å². The molecule has 0 aromatic heterocycles. The molecule has 0 spiro atoms. The Kier molecular flexibility index (Phi) is 29.0. The van der Waals surface area contributed by atoms with Gasteiger partial charge in [0.2, 0.25) is 0 Å². The smallest absolute Gasteiger partial charge is 0.744 e. The molecule has 0 fully saturated rings. The van der Waals surface area contributed by atoms with Crippen molar-refractivity contribution < 1.29 is 25.9 Å². The van der Waals surface area contributed by atoms with Crippen LogP contribution in [0.25, 0.3) is 21.5 Å². The second-order valence-electron chi connectivity index (χ2n) is 17.1. The molecule has 0 amide bonds. The Bertz CT molecular complexity index is 1900. The molecule has 336 valence electrons. The summed E-state index contributed by atoms with van der Waals surface area (Å²) in [5.74, 6) is 0. The van der Waals surface area contributed by atoms with Crippen molar-refractivity contribution in [2.45, 2.75) is 217 Å². The molecule has 6 nitrogen and oxygen atoms in total. The van der Waals surface area contributed by atoms with Crippen molar-refractivity contribution in [2.24, 2.45) is 0 Å². The zero-order valence-corrected chi connectivity index (χ0v) is 44.6. The molecule has 0 aliphatic rings. The third-order valence-electron chi connectivity index (χ3n) is 12.1. The first-order valence-corrected chi connectivity index (χ1v) is 26.8. The topological polar surface area (TPSA) is 114 Å². The molecule has 0 saturated carbocycles.